The van der Waals surface area contributed by atoms with Crippen molar-refractivity contribution < 1.29 is 28.9 Å². The molecule has 0 spiro atoms. The minimum atomic E-state index is -0.704. The number of pyridine rings is 1. The molecule has 2 atom stereocenters. The highest BCUT2D eigenvalue weighted by molar-refractivity contribution is 5.97. The summed E-state index contributed by atoms with van der Waals surface area (Å²) in [6.07, 6.45) is 0.919. The molecule has 8 nitrogen and oxygen atoms in total. The number of hydrogen-bond donors (Lipinski definition) is 2. The van der Waals surface area contributed by atoms with Crippen LogP contribution in [0.2, 0.25) is 0 Å². The Labute approximate surface area is 169 Å². The topological polar surface area (TPSA) is 107 Å². The molecule has 0 bridgehead atoms. The molecule has 8 heteroatoms. The molecule has 0 saturated carbocycles. The number of rotatable bonds is 8. The van der Waals surface area contributed by atoms with Gasteiger partial charge < -0.3 is 24.6 Å². The van der Waals surface area contributed by atoms with Gasteiger partial charge in [0.2, 0.25) is 0 Å². The van der Waals surface area contributed by atoms with Gasteiger partial charge in [-0.15, -0.1) is 0 Å². The van der Waals surface area contributed by atoms with E-state index in [1.165, 1.54) is 19.4 Å². The van der Waals surface area contributed by atoms with E-state index in [9.17, 15) is 14.7 Å². The van der Waals surface area contributed by atoms with Crippen molar-refractivity contribution >= 4 is 11.9 Å². The third-order valence-electron chi connectivity index (χ3n) is 4.70. The number of methoxy groups -OCH3 is 2. The van der Waals surface area contributed by atoms with Crippen molar-refractivity contribution in [2.75, 3.05) is 20.8 Å². The number of amides is 1. The van der Waals surface area contributed by atoms with Gasteiger partial charge >= 0.3 is 5.97 Å². The van der Waals surface area contributed by atoms with Crippen LogP contribution in [0.4, 0.5) is 0 Å². The first-order chi connectivity index (χ1) is 13.8. The minimum absolute atomic E-state index is 0.0512. The number of ether oxygens (including phenoxy) is 3. The first-order valence-electron chi connectivity index (χ1n) is 9.12. The van der Waals surface area contributed by atoms with E-state index in [4.69, 9.17) is 14.2 Å². The van der Waals surface area contributed by atoms with E-state index in [1.807, 2.05) is 32.0 Å². The number of aromatic nitrogens is 1. The fraction of sp³-hybridized carbons (Fsp3) is 0.381. The van der Waals surface area contributed by atoms with E-state index in [2.05, 4.69) is 10.3 Å². The summed E-state index contributed by atoms with van der Waals surface area (Å²) in [5.74, 6) is -0.857. The van der Waals surface area contributed by atoms with E-state index in [-0.39, 0.29) is 23.9 Å². The molecule has 0 saturated heterocycles. The van der Waals surface area contributed by atoms with Crippen LogP contribution in [0.1, 0.15) is 41.4 Å². The van der Waals surface area contributed by atoms with Crippen LogP contribution in [0.15, 0.2) is 30.5 Å². The van der Waals surface area contributed by atoms with Gasteiger partial charge in [-0.05, 0) is 37.1 Å². The Kier molecular flexibility index (Phi) is 7.41. The number of nitrogens with one attached hydrogen (secondary N) is 1. The molecule has 1 aromatic heterocycles. The van der Waals surface area contributed by atoms with Gasteiger partial charge in [-0.1, -0.05) is 13.0 Å². The predicted octanol–water partition coefficient (Wildman–Crippen LogP) is 2.58. The van der Waals surface area contributed by atoms with E-state index in [0.29, 0.717) is 0 Å². The molecule has 2 aromatic rings. The Morgan fingerprint density at radius 1 is 1.17 bits per heavy atom. The fourth-order valence-corrected chi connectivity index (χ4v) is 2.89. The van der Waals surface area contributed by atoms with Gasteiger partial charge in [0.25, 0.3) is 5.91 Å². The summed E-state index contributed by atoms with van der Waals surface area (Å²) < 4.78 is 15.6. The lowest BCUT2D eigenvalue weighted by atomic mass is 9.92. The molecule has 156 valence electrons. The van der Waals surface area contributed by atoms with Crippen LogP contribution in [0.5, 0.6) is 17.2 Å². The summed E-state index contributed by atoms with van der Waals surface area (Å²) in [6, 6.07) is 7.15. The Morgan fingerprint density at radius 2 is 1.90 bits per heavy atom. The second-order valence-electron chi connectivity index (χ2n) is 6.60. The first-order valence-corrected chi connectivity index (χ1v) is 9.12. The summed E-state index contributed by atoms with van der Waals surface area (Å²) in [7, 11) is 2.97. The zero-order valence-corrected chi connectivity index (χ0v) is 17.2. The lowest BCUT2D eigenvalue weighted by Crippen LogP contribution is -2.33. The predicted molar refractivity (Wildman–Crippen MR) is 106 cm³/mol. The van der Waals surface area contributed by atoms with Gasteiger partial charge in [0, 0.05) is 18.2 Å². The summed E-state index contributed by atoms with van der Waals surface area (Å²) in [5.41, 5.74) is 1.85. The molecule has 1 aromatic carbocycles. The maximum Gasteiger partial charge on any atom is 0.325 e. The molecule has 0 aliphatic heterocycles. The number of carbonyl (C=O) groups excluding carboxylic acids is 2. The molecule has 29 heavy (non-hydrogen) atoms. The van der Waals surface area contributed by atoms with E-state index in [1.54, 1.807) is 14.0 Å². The number of esters is 1. The van der Waals surface area contributed by atoms with Crippen molar-refractivity contribution in [1.82, 2.24) is 10.3 Å². The lowest BCUT2D eigenvalue weighted by Gasteiger charge is -2.22. The van der Waals surface area contributed by atoms with Gasteiger partial charge in [-0.2, -0.15) is 0 Å². The second-order valence-corrected chi connectivity index (χ2v) is 6.60. The average Bonchev–Trinajstić information content (AvgIpc) is 2.71. The number of hydrogen-bond acceptors (Lipinski definition) is 7. The highest BCUT2D eigenvalue weighted by Crippen LogP contribution is 2.28. The summed E-state index contributed by atoms with van der Waals surface area (Å²) in [6.45, 7) is 5.37. The maximum atomic E-state index is 12.2. The second kappa shape index (κ2) is 9.77. The van der Waals surface area contributed by atoms with E-state index >= 15 is 0 Å². The van der Waals surface area contributed by atoms with Crippen LogP contribution >= 0.6 is 0 Å². The van der Waals surface area contributed by atoms with Crippen LogP contribution in [0.3, 0.4) is 0 Å². The Balaban J connectivity index is 1.94. The molecule has 0 unspecified atom stereocenters. The average molecular weight is 402 g/mol. The highest BCUT2D eigenvalue weighted by Gasteiger charge is 2.22. The van der Waals surface area contributed by atoms with Crippen LogP contribution in [-0.2, 0) is 9.53 Å². The van der Waals surface area contributed by atoms with Crippen molar-refractivity contribution in [1.29, 1.82) is 0 Å². The number of nitrogens with zero attached hydrogens (tertiary/aromatic N) is 1. The normalized spacial score (nSPS) is 12.6. The minimum Gasteiger partial charge on any atom is -0.503 e. The molecule has 0 radical (unpaired) electrons. The maximum absolute atomic E-state index is 12.2. The number of aryl methyl sites for hydroxylation is 1. The van der Waals surface area contributed by atoms with Crippen LogP contribution < -0.4 is 14.8 Å². The Hall–Kier alpha value is -3.29. The fourth-order valence-electron chi connectivity index (χ4n) is 2.89. The third-order valence-corrected chi connectivity index (χ3v) is 4.70. The van der Waals surface area contributed by atoms with Gasteiger partial charge in [0.1, 0.15) is 18.4 Å². The highest BCUT2D eigenvalue weighted by atomic mass is 16.5. The largest absolute Gasteiger partial charge is 0.503 e. The van der Waals surface area contributed by atoms with Gasteiger partial charge in [0.05, 0.1) is 14.2 Å². The molecule has 1 amide bonds. The molecule has 2 rings (SSSR count). The first kappa shape index (κ1) is 22.0. The van der Waals surface area contributed by atoms with E-state index in [0.717, 1.165) is 16.9 Å². The zero-order valence-electron chi connectivity index (χ0n) is 17.2. The van der Waals surface area contributed by atoms with Crippen molar-refractivity contribution in [2.24, 2.45) is 0 Å². The quantitative estimate of drug-likeness (QED) is 0.654. The molecule has 2 N–H and O–H groups in total. The Bertz CT molecular complexity index is 883. The number of carbonyl (C=O) groups is 2. The summed E-state index contributed by atoms with van der Waals surface area (Å²) >= 11 is 0. The lowest BCUT2D eigenvalue weighted by molar-refractivity contribution is -0.147. The number of aromatic hydroxyl groups is 1. The number of benzene rings is 1. The van der Waals surface area contributed by atoms with Crippen LogP contribution in [0, 0.1) is 6.92 Å². The molecular weight excluding hydrogens is 376 g/mol. The van der Waals surface area contributed by atoms with Gasteiger partial charge in [0.15, 0.2) is 17.2 Å². The zero-order chi connectivity index (χ0) is 21.6. The van der Waals surface area contributed by atoms with Crippen LogP contribution in [-0.4, -0.2) is 48.8 Å². The standard InChI is InChI=1S/C21H26N2O6/c1-12-10-15(27-4)6-7-16(12)13(2)14(3)29-18(24)11-23-21(26)19-20(25)17(28-5)8-9-22-19/h6-10,13-14,25H,11H2,1-5H3,(H,23,26)/t13-,14+/m0/s1. The molecule has 1 heterocycles. The van der Waals surface area contributed by atoms with Crippen LogP contribution in [0.25, 0.3) is 0 Å². The van der Waals surface area contributed by atoms with Gasteiger partial charge in [-0.3, -0.25) is 9.59 Å². The molecule has 0 aliphatic carbocycles. The van der Waals surface area contributed by atoms with E-state index < -0.39 is 23.7 Å². The smallest absolute Gasteiger partial charge is 0.325 e. The van der Waals surface area contributed by atoms with Crippen molar-refractivity contribution in [2.45, 2.75) is 32.8 Å². The SMILES string of the molecule is COc1ccc([C@@H](C)[C@@H](C)OC(=O)CNC(=O)c2nccc(OC)c2O)c(C)c1. The van der Waals surface area contributed by atoms with Crippen molar-refractivity contribution in [3.63, 3.8) is 0 Å². The third kappa shape index (κ3) is 5.37. The monoisotopic (exact) mass is 402 g/mol. The molecule has 0 aliphatic rings. The molecular formula is C21H26N2O6. The van der Waals surface area contributed by atoms with Crippen molar-refractivity contribution in [3.8, 4) is 17.2 Å². The van der Waals surface area contributed by atoms with Crippen molar-refractivity contribution in [3.05, 3.63) is 47.3 Å². The summed E-state index contributed by atoms with van der Waals surface area (Å²) in [4.78, 5) is 28.1. The Morgan fingerprint density at radius 3 is 2.52 bits per heavy atom. The van der Waals surface area contributed by atoms with Gasteiger partial charge in [-0.25, -0.2) is 4.98 Å². The molecule has 0 fully saturated rings. The summed E-state index contributed by atoms with van der Waals surface area (Å²) in [5, 5.41) is 12.4.